The van der Waals surface area contributed by atoms with E-state index in [0.717, 1.165) is 18.8 Å². The Morgan fingerprint density at radius 3 is 1.94 bits per heavy atom. The van der Waals surface area contributed by atoms with Crippen LogP contribution in [0.1, 0.15) is 27.7 Å². The summed E-state index contributed by atoms with van der Waals surface area (Å²) >= 11 is 0. The van der Waals surface area contributed by atoms with Gasteiger partial charge in [0.2, 0.25) is 0 Å². The van der Waals surface area contributed by atoms with Gasteiger partial charge in [-0.1, -0.05) is 35.4 Å². The van der Waals surface area contributed by atoms with Crippen LogP contribution in [-0.2, 0) is 0 Å². The molecule has 1 aromatic rings. The number of phenols is 1. The van der Waals surface area contributed by atoms with E-state index >= 15 is 0 Å². The molecule has 2 heteroatoms. The van der Waals surface area contributed by atoms with Gasteiger partial charge in [0, 0.05) is 13.1 Å². The minimum absolute atomic E-state index is 0.335. The minimum Gasteiger partial charge on any atom is -0.506 e. The normalized spacial score (nSPS) is 9.78. The van der Waals surface area contributed by atoms with E-state index in [1.54, 1.807) is 6.07 Å². The van der Waals surface area contributed by atoms with Gasteiger partial charge in [-0.05, 0) is 39.8 Å². The number of nitrogens with zero attached hydrogens (tertiary/aromatic N) is 1. The standard InChI is InChI=1S/C16H23NO/c1-13(2)9-11-17(12-10-14(3)4)15-7-5-6-8-16(15)18/h5-10,18H,11-12H2,1-4H3. The van der Waals surface area contributed by atoms with Crippen molar-refractivity contribution >= 4 is 5.69 Å². The quantitative estimate of drug-likeness (QED) is 0.788. The van der Waals surface area contributed by atoms with Crippen LogP contribution in [0, 0.1) is 0 Å². The summed E-state index contributed by atoms with van der Waals surface area (Å²) < 4.78 is 0. The fraction of sp³-hybridized carbons (Fsp3) is 0.375. The molecule has 0 saturated heterocycles. The van der Waals surface area contributed by atoms with Crippen LogP contribution >= 0.6 is 0 Å². The molecule has 1 rings (SSSR count). The summed E-state index contributed by atoms with van der Waals surface area (Å²) in [5.74, 6) is 0.335. The van der Waals surface area contributed by atoms with E-state index in [2.05, 4.69) is 44.7 Å². The third kappa shape index (κ3) is 4.66. The summed E-state index contributed by atoms with van der Waals surface area (Å²) in [6.45, 7) is 9.97. The van der Waals surface area contributed by atoms with Crippen LogP contribution < -0.4 is 4.90 Å². The molecular weight excluding hydrogens is 222 g/mol. The molecule has 0 aliphatic carbocycles. The van der Waals surface area contributed by atoms with Crippen LogP contribution in [0.3, 0.4) is 0 Å². The first-order chi connectivity index (χ1) is 8.50. The zero-order valence-corrected chi connectivity index (χ0v) is 11.8. The summed E-state index contributed by atoms with van der Waals surface area (Å²) in [6.07, 6.45) is 4.34. The smallest absolute Gasteiger partial charge is 0.138 e. The van der Waals surface area contributed by atoms with Crippen molar-refractivity contribution in [2.75, 3.05) is 18.0 Å². The number of rotatable bonds is 5. The Kier molecular flexibility index (Phi) is 5.50. The summed E-state index contributed by atoms with van der Waals surface area (Å²) in [5, 5.41) is 9.93. The Bertz CT molecular complexity index is 418. The van der Waals surface area contributed by atoms with Crippen molar-refractivity contribution < 1.29 is 5.11 Å². The molecule has 0 heterocycles. The van der Waals surface area contributed by atoms with Crippen molar-refractivity contribution in [2.24, 2.45) is 0 Å². The van der Waals surface area contributed by atoms with Crippen molar-refractivity contribution in [3.8, 4) is 5.75 Å². The van der Waals surface area contributed by atoms with Gasteiger partial charge < -0.3 is 10.0 Å². The molecule has 1 aromatic carbocycles. The van der Waals surface area contributed by atoms with Crippen LogP contribution in [0.5, 0.6) is 5.75 Å². The van der Waals surface area contributed by atoms with Gasteiger partial charge in [0.25, 0.3) is 0 Å². The molecule has 0 radical (unpaired) electrons. The van der Waals surface area contributed by atoms with E-state index in [9.17, 15) is 5.11 Å². The number of aromatic hydroxyl groups is 1. The van der Waals surface area contributed by atoms with Gasteiger partial charge in [-0.2, -0.15) is 0 Å². The lowest BCUT2D eigenvalue weighted by Crippen LogP contribution is -2.23. The highest BCUT2D eigenvalue weighted by atomic mass is 16.3. The van der Waals surface area contributed by atoms with Crippen molar-refractivity contribution in [1.29, 1.82) is 0 Å². The van der Waals surface area contributed by atoms with Crippen LogP contribution in [0.2, 0.25) is 0 Å². The maximum Gasteiger partial charge on any atom is 0.138 e. The van der Waals surface area contributed by atoms with E-state index in [-0.39, 0.29) is 0 Å². The Hall–Kier alpha value is -1.70. The molecule has 0 amide bonds. The van der Waals surface area contributed by atoms with Gasteiger partial charge in [-0.15, -0.1) is 0 Å². The van der Waals surface area contributed by atoms with Gasteiger partial charge in [-0.3, -0.25) is 0 Å². The molecule has 18 heavy (non-hydrogen) atoms. The average molecular weight is 245 g/mol. The summed E-state index contributed by atoms with van der Waals surface area (Å²) in [5.41, 5.74) is 3.45. The predicted octanol–water partition coefficient (Wildman–Crippen LogP) is 4.13. The fourth-order valence-electron chi connectivity index (χ4n) is 1.59. The maximum absolute atomic E-state index is 9.93. The second kappa shape index (κ2) is 6.90. The van der Waals surface area contributed by atoms with Gasteiger partial charge in [-0.25, -0.2) is 0 Å². The van der Waals surface area contributed by atoms with Crippen molar-refractivity contribution in [2.45, 2.75) is 27.7 Å². The topological polar surface area (TPSA) is 23.5 Å². The molecule has 2 nitrogen and oxygen atoms in total. The lowest BCUT2D eigenvalue weighted by atomic mass is 10.2. The molecule has 0 bridgehead atoms. The molecule has 98 valence electrons. The molecule has 0 unspecified atom stereocenters. The molecule has 0 aliphatic rings. The number of allylic oxidation sites excluding steroid dienone is 2. The first-order valence-corrected chi connectivity index (χ1v) is 6.30. The SMILES string of the molecule is CC(C)=CCN(CC=C(C)C)c1ccccc1O. The lowest BCUT2D eigenvalue weighted by molar-refractivity contribution is 0.475. The number of hydrogen-bond acceptors (Lipinski definition) is 2. The molecule has 0 aromatic heterocycles. The highest BCUT2D eigenvalue weighted by Gasteiger charge is 2.07. The van der Waals surface area contributed by atoms with Crippen molar-refractivity contribution in [1.82, 2.24) is 0 Å². The van der Waals surface area contributed by atoms with Crippen LogP contribution in [0.15, 0.2) is 47.6 Å². The molecule has 0 spiro atoms. The maximum atomic E-state index is 9.93. The highest BCUT2D eigenvalue weighted by molar-refractivity contribution is 5.58. The number of phenolic OH excluding ortho intramolecular Hbond substituents is 1. The second-order valence-corrected chi connectivity index (χ2v) is 4.96. The van der Waals surface area contributed by atoms with Crippen LogP contribution in [0.4, 0.5) is 5.69 Å². The Labute approximate surface area is 110 Å². The Morgan fingerprint density at radius 2 is 1.50 bits per heavy atom. The lowest BCUT2D eigenvalue weighted by Gasteiger charge is -2.23. The first kappa shape index (κ1) is 14.4. The number of anilines is 1. The van der Waals surface area contributed by atoms with Crippen LogP contribution in [-0.4, -0.2) is 18.2 Å². The highest BCUT2D eigenvalue weighted by Crippen LogP contribution is 2.26. The number of para-hydroxylation sites is 2. The van der Waals surface area contributed by atoms with E-state index in [4.69, 9.17) is 0 Å². The predicted molar refractivity (Wildman–Crippen MR) is 79.2 cm³/mol. The third-order valence-electron chi connectivity index (χ3n) is 2.66. The minimum atomic E-state index is 0.335. The van der Waals surface area contributed by atoms with Gasteiger partial charge in [0.1, 0.15) is 5.75 Å². The summed E-state index contributed by atoms with van der Waals surface area (Å²) in [4.78, 5) is 2.16. The molecule has 1 N–H and O–H groups in total. The van der Waals surface area contributed by atoms with E-state index in [0.29, 0.717) is 5.75 Å². The largest absolute Gasteiger partial charge is 0.506 e. The number of benzene rings is 1. The van der Waals surface area contributed by atoms with E-state index < -0.39 is 0 Å². The van der Waals surface area contributed by atoms with Crippen molar-refractivity contribution in [3.05, 3.63) is 47.6 Å². The molecule has 0 fully saturated rings. The zero-order chi connectivity index (χ0) is 13.5. The number of hydrogen-bond donors (Lipinski definition) is 1. The first-order valence-electron chi connectivity index (χ1n) is 6.30. The monoisotopic (exact) mass is 245 g/mol. The summed E-state index contributed by atoms with van der Waals surface area (Å²) in [6, 6.07) is 7.48. The summed E-state index contributed by atoms with van der Waals surface area (Å²) in [7, 11) is 0. The molecule has 0 aliphatic heterocycles. The van der Waals surface area contributed by atoms with Gasteiger partial charge in [0.05, 0.1) is 5.69 Å². The molecule has 0 saturated carbocycles. The second-order valence-electron chi connectivity index (χ2n) is 4.96. The van der Waals surface area contributed by atoms with Crippen LogP contribution in [0.25, 0.3) is 0 Å². The van der Waals surface area contributed by atoms with Gasteiger partial charge in [0.15, 0.2) is 0 Å². The van der Waals surface area contributed by atoms with E-state index in [1.165, 1.54) is 11.1 Å². The molecule has 0 atom stereocenters. The van der Waals surface area contributed by atoms with Crippen molar-refractivity contribution in [3.63, 3.8) is 0 Å². The van der Waals surface area contributed by atoms with Gasteiger partial charge >= 0.3 is 0 Å². The zero-order valence-electron chi connectivity index (χ0n) is 11.8. The average Bonchev–Trinajstić information content (AvgIpc) is 2.30. The van der Waals surface area contributed by atoms with E-state index in [1.807, 2.05) is 18.2 Å². The molecular formula is C16H23NO. The third-order valence-corrected chi connectivity index (χ3v) is 2.66. The fourth-order valence-corrected chi connectivity index (χ4v) is 1.59. The Balaban J connectivity index is 2.93. The Morgan fingerprint density at radius 1 is 1.00 bits per heavy atom.